The fraction of sp³-hybridized carbons (Fsp3) is 0.429. The molecule has 19 heavy (non-hydrogen) atoms. The minimum absolute atomic E-state index is 0.108. The first kappa shape index (κ1) is 13.4. The minimum Gasteiger partial charge on any atom is -0.453 e. The third-order valence-electron chi connectivity index (χ3n) is 3.24. The second-order valence-corrected chi connectivity index (χ2v) is 4.54. The van der Waals surface area contributed by atoms with Gasteiger partial charge in [0, 0.05) is 18.8 Å². The van der Waals surface area contributed by atoms with Crippen molar-refractivity contribution < 1.29 is 14.3 Å². The number of likely N-dealkylation sites (tertiary alicyclic amines) is 1. The molecule has 1 aliphatic heterocycles. The maximum atomic E-state index is 12.1. The fourth-order valence-corrected chi connectivity index (χ4v) is 2.20. The summed E-state index contributed by atoms with van der Waals surface area (Å²) in [5.41, 5.74) is 1.44. The van der Waals surface area contributed by atoms with E-state index < -0.39 is 6.09 Å². The lowest BCUT2D eigenvalue weighted by molar-refractivity contribution is -0.129. The Morgan fingerprint density at radius 3 is 2.63 bits per heavy atom. The molecule has 5 nitrogen and oxygen atoms in total. The number of ether oxygens (including phenoxy) is 1. The molecule has 0 bridgehead atoms. The normalized spacial score (nSPS) is 14.3. The number of para-hydroxylation sites is 1. The third-order valence-corrected chi connectivity index (χ3v) is 3.24. The topological polar surface area (TPSA) is 58.6 Å². The molecule has 1 aromatic rings. The Morgan fingerprint density at radius 1 is 1.26 bits per heavy atom. The molecule has 1 aliphatic rings. The highest BCUT2D eigenvalue weighted by Gasteiger charge is 2.19. The van der Waals surface area contributed by atoms with Crippen LogP contribution in [0, 0.1) is 0 Å². The predicted molar refractivity (Wildman–Crippen MR) is 72.0 cm³/mol. The zero-order valence-electron chi connectivity index (χ0n) is 11.0. The van der Waals surface area contributed by atoms with Crippen molar-refractivity contribution in [1.82, 2.24) is 4.90 Å². The number of methoxy groups -OCH3 is 1. The molecule has 0 radical (unpaired) electrons. The molecule has 0 saturated carbocycles. The number of nitrogens with one attached hydrogen (secondary N) is 1. The Balaban J connectivity index is 2.06. The van der Waals surface area contributed by atoms with Gasteiger partial charge in [0.25, 0.3) is 0 Å². The molecule has 1 N–H and O–H groups in total. The largest absolute Gasteiger partial charge is 0.453 e. The van der Waals surface area contributed by atoms with Crippen molar-refractivity contribution in [3.05, 3.63) is 29.8 Å². The summed E-state index contributed by atoms with van der Waals surface area (Å²) >= 11 is 0. The summed E-state index contributed by atoms with van der Waals surface area (Å²) in [7, 11) is 1.31. The summed E-state index contributed by atoms with van der Waals surface area (Å²) in [5, 5.41) is 2.62. The van der Waals surface area contributed by atoms with E-state index in [0.717, 1.165) is 31.5 Å². The molecule has 102 valence electrons. The third kappa shape index (κ3) is 3.47. The molecule has 2 amide bonds. The van der Waals surface area contributed by atoms with Gasteiger partial charge >= 0.3 is 6.09 Å². The maximum Gasteiger partial charge on any atom is 0.411 e. The van der Waals surface area contributed by atoms with Crippen LogP contribution in [0.5, 0.6) is 0 Å². The summed E-state index contributed by atoms with van der Waals surface area (Å²) in [5.74, 6) is 0.108. The molecule has 0 atom stereocenters. The molecule has 2 rings (SSSR count). The molecule has 0 spiro atoms. The van der Waals surface area contributed by atoms with E-state index in [2.05, 4.69) is 10.1 Å². The van der Waals surface area contributed by atoms with E-state index in [-0.39, 0.29) is 5.91 Å². The number of carbonyl (C=O) groups is 2. The van der Waals surface area contributed by atoms with Crippen molar-refractivity contribution in [1.29, 1.82) is 0 Å². The lowest BCUT2D eigenvalue weighted by atomic mass is 10.1. The summed E-state index contributed by atoms with van der Waals surface area (Å²) < 4.78 is 4.57. The van der Waals surface area contributed by atoms with E-state index in [9.17, 15) is 9.59 Å². The van der Waals surface area contributed by atoms with Crippen molar-refractivity contribution in [3.8, 4) is 0 Å². The van der Waals surface area contributed by atoms with E-state index in [1.54, 1.807) is 6.07 Å². The van der Waals surface area contributed by atoms with Crippen LogP contribution in [0.4, 0.5) is 10.5 Å². The van der Waals surface area contributed by atoms with Crippen LogP contribution in [0.1, 0.15) is 18.4 Å². The quantitative estimate of drug-likeness (QED) is 0.906. The Bertz CT molecular complexity index is 468. The zero-order valence-corrected chi connectivity index (χ0v) is 11.0. The number of rotatable bonds is 3. The van der Waals surface area contributed by atoms with E-state index >= 15 is 0 Å². The average Bonchev–Trinajstić information content (AvgIpc) is 2.95. The molecular formula is C14H18N2O3. The predicted octanol–water partition coefficient (Wildman–Crippen LogP) is 2.03. The molecule has 1 saturated heterocycles. The highest BCUT2D eigenvalue weighted by atomic mass is 16.5. The van der Waals surface area contributed by atoms with Gasteiger partial charge in [-0.25, -0.2) is 4.79 Å². The second kappa shape index (κ2) is 6.22. The first-order chi connectivity index (χ1) is 9.20. The van der Waals surface area contributed by atoms with Crippen LogP contribution in [0.15, 0.2) is 24.3 Å². The highest BCUT2D eigenvalue weighted by molar-refractivity contribution is 5.88. The van der Waals surface area contributed by atoms with Gasteiger partial charge in [-0.1, -0.05) is 18.2 Å². The Labute approximate surface area is 112 Å². The van der Waals surface area contributed by atoms with Gasteiger partial charge in [-0.15, -0.1) is 0 Å². The van der Waals surface area contributed by atoms with Crippen LogP contribution < -0.4 is 5.32 Å². The van der Waals surface area contributed by atoms with Gasteiger partial charge in [0.2, 0.25) is 5.91 Å². The van der Waals surface area contributed by atoms with Crippen LogP contribution in [0.2, 0.25) is 0 Å². The summed E-state index contributed by atoms with van der Waals surface area (Å²) in [6.45, 7) is 1.68. The molecule has 0 aliphatic carbocycles. The molecule has 5 heteroatoms. The highest BCUT2D eigenvalue weighted by Crippen LogP contribution is 2.18. The Kier molecular flexibility index (Phi) is 4.39. The molecular weight excluding hydrogens is 244 g/mol. The van der Waals surface area contributed by atoms with Crippen LogP contribution >= 0.6 is 0 Å². The van der Waals surface area contributed by atoms with Gasteiger partial charge < -0.3 is 9.64 Å². The lowest BCUT2D eigenvalue weighted by Crippen LogP contribution is -2.29. The standard InChI is InChI=1S/C14H18N2O3/c1-19-14(18)15-12-7-3-2-6-11(12)10-13(17)16-8-4-5-9-16/h2-3,6-7H,4-5,8-10H2,1H3,(H,15,18). The number of anilines is 1. The number of hydrogen-bond acceptors (Lipinski definition) is 3. The second-order valence-electron chi connectivity index (χ2n) is 4.54. The van der Waals surface area contributed by atoms with Crippen molar-refractivity contribution in [2.24, 2.45) is 0 Å². The smallest absolute Gasteiger partial charge is 0.411 e. The number of carbonyl (C=O) groups excluding carboxylic acids is 2. The number of hydrogen-bond donors (Lipinski definition) is 1. The SMILES string of the molecule is COC(=O)Nc1ccccc1CC(=O)N1CCCC1. The Morgan fingerprint density at radius 2 is 1.95 bits per heavy atom. The van der Waals surface area contributed by atoms with Crippen LogP contribution in [-0.4, -0.2) is 37.1 Å². The lowest BCUT2D eigenvalue weighted by Gasteiger charge is -2.16. The van der Waals surface area contributed by atoms with Crippen molar-refractivity contribution >= 4 is 17.7 Å². The summed E-state index contributed by atoms with van der Waals surface area (Å²) in [4.78, 5) is 25.2. The number of nitrogens with zero attached hydrogens (tertiary/aromatic N) is 1. The summed E-state index contributed by atoms with van der Waals surface area (Å²) in [6, 6.07) is 7.28. The molecule has 1 fully saturated rings. The van der Waals surface area contributed by atoms with Crippen LogP contribution in [-0.2, 0) is 16.0 Å². The van der Waals surface area contributed by atoms with Crippen molar-refractivity contribution in [2.45, 2.75) is 19.3 Å². The molecule has 1 heterocycles. The molecule has 1 aromatic carbocycles. The minimum atomic E-state index is -0.527. The monoisotopic (exact) mass is 262 g/mol. The van der Waals surface area contributed by atoms with Crippen LogP contribution in [0.25, 0.3) is 0 Å². The van der Waals surface area contributed by atoms with Gasteiger partial charge in [0.05, 0.1) is 13.5 Å². The van der Waals surface area contributed by atoms with Gasteiger partial charge in [-0.3, -0.25) is 10.1 Å². The molecule has 0 unspecified atom stereocenters. The van der Waals surface area contributed by atoms with E-state index in [1.807, 2.05) is 23.1 Å². The van der Waals surface area contributed by atoms with Crippen LogP contribution in [0.3, 0.4) is 0 Å². The zero-order chi connectivity index (χ0) is 13.7. The first-order valence-electron chi connectivity index (χ1n) is 6.41. The van der Waals surface area contributed by atoms with E-state index in [0.29, 0.717) is 12.1 Å². The number of benzene rings is 1. The van der Waals surface area contributed by atoms with Gasteiger partial charge in [-0.2, -0.15) is 0 Å². The van der Waals surface area contributed by atoms with Gasteiger partial charge in [0.15, 0.2) is 0 Å². The fourth-order valence-electron chi connectivity index (χ4n) is 2.20. The van der Waals surface area contributed by atoms with Crippen molar-refractivity contribution in [3.63, 3.8) is 0 Å². The van der Waals surface area contributed by atoms with E-state index in [1.165, 1.54) is 7.11 Å². The number of amides is 2. The first-order valence-corrected chi connectivity index (χ1v) is 6.41. The maximum absolute atomic E-state index is 12.1. The van der Waals surface area contributed by atoms with E-state index in [4.69, 9.17) is 0 Å². The van der Waals surface area contributed by atoms with Gasteiger partial charge in [0.1, 0.15) is 0 Å². The Hall–Kier alpha value is -2.04. The molecule has 0 aromatic heterocycles. The average molecular weight is 262 g/mol. The van der Waals surface area contributed by atoms with Gasteiger partial charge in [-0.05, 0) is 24.5 Å². The van der Waals surface area contributed by atoms with Crippen molar-refractivity contribution in [2.75, 3.05) is 25.5 Å². The summed E-state index contributed by atoms with van der Waals surface area (Å²) in [6.07, 6.45) is 1.93.